The third-order valence-corrected chi connectivity index (χ3v) is 3.53. The first-order chi connectivity index (χ1) is 10.5. The number of rotatable bonds is 5. The van der Waals surface area contributed by atoms with E-state index in [4.69, 9.17) is 9.47 Å². The van der Waals surface area contributed by atoms with Gasteiger partial charge in [-0.2, -0.15) is 0 Å². The van der Waals surface area contributed by atoms with Crippen molar-refractivity contribution in [3.8, 4) is 11.5 Å². The summed E-state index contributed by atoms with van der Waals surface area (Å²) in [6, 6.07) is 12.9. The van der Waals surface area contributed by atoms with E-state index in [0.29, 0.717) is 5.56 Å². The minimum Gasteiger partial charge on any atom is -0.497 e. The van der Waals surface area contributed by atoms with Crippen molar-refractivity contribution in [2.45, 2.75) is 19.9 Å². The van der Waals surface area contributed by atoms with E-state index in [2.05, 4.69) is 5.32 Å². The highest BCUT2D eigenvalue weighted by atomic mass is 16.5. The summed E-state index contributed by atoms with van der Waals surface area (Å²) in [6.07, 6.45) is 0. The monoisotopic (exact) mass is 299 g/mol. The summed E-state index contributed by atoms with van der Waals surface area (Å²) in [5, 5.41) is 2.99. The summed E-state index contributed by atoms with van der Waals surface area (Å²) < 4.78 is 10.6. The molecule has 0 bridgehead atoms. The molecule has 0 fully saturated rings. The lowest BCUT2D eigenvalue weighted by Crippen LogP contribution is -2.27. The molecule has 0 spiro atoms. The molecule has 2 aromatic rings. The molecule has 2 rings (SSSR count). The highest BCUT2D eigenvalue weighted by Crippen LogP contribution is 2.29. The van der Waals surface area contributed by atoms with Gasteiger partial charge in [-0.15, -0.1) is 0 Å². The molecule has 0 unspecified atom stereocenters. The summed E-state index contributed by atoms with van der Waals surface area (Å²) in [6.45, 7) is 3.89. The average molecular weight is 299 g/mol. The quantitative estimate of drug-likeness (QED) is 0.919. The van der Waals surface area contributed by atoms with Crippen molar-refractivity contribution >= 4 is 5.91 Å². The van der Waals surface area contributed by atoms with E-state index in [1.54, 1.807) is 20.3 Å². The van der Waals surface area contributed by atoms with Crippen LogP contribution in [0.3, 0.4) is 0 Å². The lowest BCUT2D eigenvalue weighted by Gasteiger charge is -2.18. The molecule has 1 amide bonds. The second-order valence-corrected chi connectivity index (χ2v) is 5.17. The van der Waals surface area contributed by atoms with Gasteiger partial charge in [0.1, 0.15) is 11.5 Å². The average Bonchev–Trinajstić information content (AvgIpc) is 2.54. The van der Waals surface area contributed by atoms with Crippen LogP contribution in [0.1, 0.15) is 34.5 Å². The number of ether oxygens (including phenoxy) is 2. The molecule has 0 aliphatic carbocycles. The van der Waals surface area contributed by atoms with Gasteiger partial charge in [0.15, 0.2) is 0 Å². The zero-order chi connectivity index (χ0) is 16.1. The Balaban J connectivity index is 2.21. The number of hydrogen-bond acceptors (Lipinski definition) is 3. The standard InChI is InChI=1S/C18H21NO3/c1-12-6-5-7-14(10-12)18(20)19-13(2)16-11-15(21-3)8-9-17(16)22-4/h5-11,13H,1-4H3,(H,19,20)/t13-/m0/s1. The summed E-state index contributed by atoms with van der Waals surface area (Å²) in [7, 11) is 3.22. The van der Waals surface area contributed by atoms with Crippen LogP contribution in [-0.2, 0) is 0 Å². The Morgan fingerprint density at radius 1 is 1.09 bits per heavy atom. The van der Waals surface area contributed by atoms with Gasteiger partial charge >= 0.3 is 0 Å². The first-order valence-electron chi connectivity index (χ1n) is 7.14. The Hall–Kier alpha value is -2.49. The number of carbonyl (C=O) groups excluding carboxylic acids is 1. The van der Waals surface area contributed by atoms with Crippen molar-refractivity contribution in [1.82, 2.24) is 5.32 Å². The molecule has 22 heavy (non-hydrogen) atoms. The minimum absolute atomic E-state index is 0.110. The number of carbonyl (C=O) groups is 1. The van der Waals surface area contributed by atoms with Crippen molar-refractivity contribution in [1.29, 1.82) is 0 Å². The molecule has 1 atom stereocenters. The summed E-state index contributed by atoms with van der Waals surface area (Å²) in [5.41, 5.74) is 2.58. The lowest BCUT2D eigenvalue weighted by atomic mass is 10.1. The number of aryl methyl sites for hydroxylation is 1. The Morgan fingerprint density at radius 2 is 1.86 bits per heavy atom. The SMILES string of the molecule is COc1ccc(OC)c([C@H](C)NC(=O)c2cccc(C)c2)c1. The van der Waals surface area contributed by atoms with Gasteiger partial charge in [-0.3, -0.25) is 4.79 Å². The fourth-order valence-corrected chi connectivity index (χ4v) is 2.32. The topological polar surface area (TPSA) is 47.6 Å². The van der Waals surface area contributed by atoms with Crippen LogP contribution in [0.5, 0.6) is 11.5 Å². The summed E-state index contributed by atoms with van der Waals surface area (Å²) in [5.74, 6) is 1.34. The predicted molar refractivity (Wildman–Crippen MR) is 86.6 cm³/mol. The second-order valence-electron chi connectivity index (χ2n) is 5.17. The molecule has 0 saturated heterocycles. The number of benzene rings is 2. The Labute approximate surface area is 131 Å². The van der Waals surface area contributed by atoms with Gasteiger partial charge in [0.25, 0.3) is 5.91 Å². The van der Waals surface area contributed by atoms with E-state index in [1.807, 2.05) is 50.2 Å². The van der Waals surface area contributed by atoms with E-state index >= 15 is 0 Å². The molecule has 0 saturated carbocycles. The van der Waals surface area contributed by atoms with Crippen LogP contribution in [0.2, 0.25) is 0 Å². The molecule has 4 heteroatoms. The molecular weight excluding hydrogens is 278 g/mol. The van der Waals surface area contributed by atoms with E-state index in [1.165, 1.54) is 0 Å². The molecule has 1 N–H and O–H groups in total. The summed E-state index contributed by atoms with van der Waals surface area (Å²) in [4.78, 5) is 12.4. The number of nitrogens with one attached hydrogen (secondary N) is 1. The number of methoxy groups -OCH3 is 2. The van der Waals surface area contributed by atoms with Gasteiger partial charge in [0.2, 0.25) is 0 Å². The Morgan fingerprint density at radius 3 is 2.50 bits per heavy atom. The first kappa shape index (κ1) is 15.9. The van der Waals surface area contributed by atoms with Gasteiger partial charge in [0, 0.05) is 11.1 Å². The van der Waals surface area contributed by atoms with Crippen LogP contribution in [0, 0.1) is 6.92 Å². The van der Waals surface area contributed by atoms with Crippen molar-refractivity contribution in [3.05, 3.63) is 59.2 Å². The highest BCUT2D eigenvalue weighted by Gasteiger charge is 2.16. The zero-order valence-corrected chi connectivity index (χ0v) is 13.3. The lowest BCUT2D eigenvalue weighted by molar-refractivity contribution is 0.0939. The maximum Gasteiger partial charge on any atom is 0.251 e. The van der Waals surface area contributed by atoms with E-state index in [9.17, 15) is 4.79 Å². The molecule has 116 valence electrons. The van der Waals surface area contributed by atoms with Crippen molar-refractivity contribution < 1.29 is 14.3 Å². The third kappa shape index (κ3) is 3.58. The Bertz CT molecular complexity index is 667. The van der Waals surface area contributed by atoms with Crippen LogP contribution < -0.4 is 14.8 Å². The van der Waals surface area contributed by atoms with Gasteiger partial charge < -0.3 is 14.8 Å². The molecule has 2 aromatic carbocycles. The minimum atomic E-state index is -0.196. The van der Waals surface area contributed by atoms with Crippen LogP contribution in [0.15, 0.2) is 42.5 Å². The van der Waals surface area contributed by atoms with Crippen LogP contribution in [0.4, 0.5) is 0 Å². The smallest absolute Gasteiger partial charge is 0.251 e. The van der Waals surface area contributed by atoms with Crippen molar-refractivity contribution in [3.63, 3.8) is 0 Å². The molecular formula is C18H21NO3. The molecule has 0 aromatic heterocycles. The van der Waals surface area contributed by atoms with Gasteiger partial charge in [-0.1, -0.05) is 17.7 Å². The fourth-order valence-electron chi connectivity index (χ4n) is 2.32. The molecule has 0 aliphatic heterocycles. The van der Waals surface area contributed by atoms with Crippen LogP contribution in [-0.4, -0.2) is 20.1 Å². The normalized spacial score (nSPS) is 11.6. The van der Waals surface area contributed by atoms with Gasteiger partial charge in [-0.05, 0) is 44.2 Å². The molecule has 4 nitrogen and oxygen atoms in total. The van der Waals surface area contributed by atoms with Crippen molar-refractivity contribution in [2.75, 3.05) is 14.2 Å². The maximum atomic E-state index is 12.4. The van der Waals surface area contributed by atoms with E-state index in [-0.39, 0.29) is 11.9 Å². The Kier molecular flexibility index (Phi) is 5.04. The molecule has 0 aliphatic rings. The van der Waals surface area contributed by atoms with Crippen LogP contribution in [0.25, 0.3) is 0 Å². The largest absolute Gasteiger partial charge is 0.497 e. The van der Waals surface area contributed by atoms with Gasteiger partial charge in [-0.25, -0.2) is 0 Å². The van der Waals surface area contributed by atoms with Gasteiger partial charge in [0.05, 0.1) is 20.3 Å². The third-order valence-electron chi connectivity index (χ3n) is 3.53. The maximum absolute atomic E-state index is 12.4. The van der Waals surface area contributed by atoms with Crippen molar-refractivity contribution in [2.24, 2.45) is 0 Å². The number of amides is 1. The van der Waals surface area contributed by atoms with Crippen LogP contribution >= 0.6 is 0 Å². The summed E-state index contributed by atoms with van der Waals surface area (Å²) >= 11 is 0. The fraction of sp³-hybridized carbons (Fsp3) is 0.278. The zero-order valence-electron chi connectivity index (χ0n) is 13.3. The van der Waals surface area contributed by atoms with E-state index in [0.717, 1.165) is 22.6 Å². The highest BCUT2D eigenvalue weighted by molar-refractivity contribution is 5.94. The predicted octanol–water partition coefficient (Wildman–Crippen LogP) is 3.50. The van der Waals surface area contributed by atoms with E-state index < -0.39 is 0 Å². The first-order valence-corrected chi connectivity index (χ1v) is 7.14. The molecule has 0 radical (unpaired) electrons. The molecule has 0 heterocycles. The number of hydrogen-bond donors (Lipinski definition) is 1. The second kappa shape index (κ2) is 6.98.